The number of rotatable bonds is 7. The molecule has 1 aromatic rings. The number of benzene rings is 1. The average Bonchev–Trinajstić information content (AvgIpc) is 2.26. The van der Waals surface area contributed by atoms with Gasteiger partial charge in [-0.2, -0.15) is 0 Å². The fraction of sp³-hybridized carbons (Fsp3) is 0.308. The van der Waals surface area contributed by atoms with Crippen molar-refractivity contribution in [2.24, 2.45) is 0 Å². The molecule has 0 bridgehead atoms. The van der Waals surface area contributed by atoms with Gasteiger partial charge in [0.25, 0.3) is 0 Å². The Kier molecular flexibility index (Phi) is 5.05. The van der Waals surface area contributed by atoms with Crippen LogP contribution in [0.5, 0.6) is 0 Å². The third-order valence-corrected chi connectivity index (χ3v) is 2.58. The minimum atomic E-state index is -1.04. The van der Waals surface area contributed by atoms with Gasteiger partial charge in [0.05, 0.1) is 12.8 Å². The Bertz CT molecular complexity index is 506. The molecule has 0 spiro atoms. The molecule has 0 saturated heterocycles. The molecule has 0 radical (unpaired) electrons. The van der Waals surface area contributed by atoms with E-state index in [0.29, 0.717) is 16.7 Å². The molecule has 0 aliphatic carbocycles. The number of carboxylic acids is 3. The lowest BCUT2D eigenvalue weighted by atomic mass is 9.97. The van der Waals surface area contributed by atoms with Gasteiger partial charge in [0.15, 0.2) is 0 Å². The molecule has 0 aliphatic heterocycles. The quantitative estimate of drug-likeness (QED) is 0.677. The van der Waals surface area contributed by atoms with E-state index in [4.69, 9.17) is 15.3 Å². The van der Waals surface area contributed by atoms with Gasteiger partial charge in [-0.25, -0.2) is 0 Å². The molecule has 0 fully saturated rings. The van der Waals surface area contributed by atoms with E-state index < -0.39 is 17.9 Å². The maximum atomic E-state index is 10.8. The first-order valence-corrected chi connectivity index (χ1v) is 5.64. The second-order valence-electron chi connectivity index (χ2n) is 4.14. The van der Waals surface area contributed by atoms with E-state index in [1.165, 1.54) is 6.07 Å². The van der Waals surface area contributed by atoms with Crippen molar-refractivity contribution in [3.63, 3.8) is 0 Å². The molecule has 6 nitrogen and oxygen atoms in total. The van der Waals surface area contributed by atoms with Gasteiger partial charge in [0.1, 0.15) is 0 Å². The summed E-state index contributed by atoms with van der Waals surface area (Å²) in [5.41, 5.74) is 1.59. The summed E-state index contributed by atoms with van der Waals surface area (Å²) in [6.07, 6.45) is -0.301. The largest absolute Gasteiger partial charge is 0.481 e. The minimum Gasteiger partial charge on any atom is -0.481 e. The van der Waals surface area contributed by atoms with Crippen LogP contribution in [0.15, 0.2) is 18.2 Å². The number of carbonyl (C=O) groups is 3. The third-order valence-electron chi connectivity index (χ3n) is 2.58. The van der Waals surface area contributed by atoms with Crippen molar-refractivity contribution in [3.8, 4) is 0 Å². The van der Waals surface area contributed by atoms with Gasteiger partial charge in [-0.1, -0.05) is 18.2 Å². The predicted molar refractivity (Wildman–Crippen MR) is 65.1 cm³/mol. The van der Waals surface area contributed by atoms with Crippen molar-refractivity contribution >= 4 is 17.9 Å². The highest BCUT2D eigenvalue weighted by atomic mass is 16.4. The average molecular weight is 266 g/mol. The summed E-state index contributed by atoms with van der Waals surface area (Å²) in [6.45, 7) is 0. The van der Waals surface area contributed by atoms with Crippen molar-refractivity contribution in [1.82, 2.24) is 0 Å². The number of carboxylic acid groups (broad SMARTS) is 3. The Morgan fingerprint density at radius 3 is 2.00 bits per heavy atom. The normalized spacial score (nSPS) is 10.1. The van der Waals surface area contributed by atoms with Crippen molar-refractivity contribution < 1.29 is 29.7 Å². The molecular weight excluding hydrogens is 252 g/mol. The number of aryl methyl sites for hydroxylation is 1. The second kappa shape index (κ2) is 6.53. The third kappa shape index (κ3) is 5.20. The highest BCUT2D eigenvalue weighted by Gasteiger charge is 2.11. The zero-order chi connectivity index (χ0) is 14.4. The first-order chi connectivity index (χ1) is 8.88. The molecule has 1 aromatic carbocycles. The van der Waals surface area contributed by atoms with Crippen LogP contribution in [-0.2, 0) is 33.6 Å². The SMILES string of the molecule is O=C(O)CCc1ccc(CC(=O)O)cc1CC(=O)O. The van der Waals surface area contributed by atoms with Crippen LogP contribution in [0.3, 0.4) is 0 Å². The molecule has 102 valence electrons. The molecule has 0 unspecified atom stereocenters. The van der Waals surface area contributed by atoms with E-state index in [2.05, 4.69) is 0 Å². The van der Waals surface area contributed by atoms with Crippen LogP contribution in [0.2, 0.25) is 0 Å². The maximum Gasteiger partial charge on any atom is 0.307 e. The molecule has 0 amide bonds. The molecule has 0 aromatic heterocycles. The van der Waals surface area contributed by atoms with Crippen LogP contribution in [0, 0.1) is 0 Å². The highest BCUT2D eigenvalue weighted by Crippen LogP contribution is 2.16. The van der Waals surface area contributed by atoms with Gasteiger partial charge in [0.2, 0.25) is 0 Å². The molecule has 19 heavy (non-hydrogen) atoms. The lowest BCUT2D eigenvalue weighted by Crippen LogP contribution is -2.08. The van der Waals surface area contributed by atoms with Gasteiger partial charge in [-0.15, -0.1) is 0 Å². The van der Waals surface area contributed by atoms with E-state index in [1.54, 1.807) is 12.1 Å². The molecule has 6 heteroatoms. The van der Waals surface area contributed by atoms with Crippen molar-refractivity contribution in [3.05, 3.63) is 34.9 Å². The Morgan fingerprint density at radius 1 is 0.842 bits per heavy atom. The van der Waals surface area contributed by atoms with Gasteiger partial charge in [0, 0.05) is 6.42 Å². The van der Waals surface area contributed by atoms with Gasteiger partial charge in [-0.3, -0.25) is 14.4 Å². The van der Waals surface area contributed by atoms with Gasteiger partial charge in [-0.05, 0) is 23.1 Å². The summed E-state index contributed by atoms with van der Waals surface area (Å²) in [7, 11) is 0. The monoisotopic (exact) mass is 266 g/mol. The van der Waals surface area contributed by atoms with Crippen LogP contribution >= 0.6 is 0 Å². The minimum absolute atomic E-state index is 0.0924. The lowest BCUT2D eigenvalue weighted by molar-refractivity contribution is -0.137. The van der Waals surface area contributed by atoms with Crippen molar-refractivity contribution in [2.75, 3.05) is 0 Å². The Balaban J connectivity index is 2.97. The van der Waals surface area contributed by atoms with Crippen LogP contribution in [0.1, 0.15) is 23.1 Å². The first-order valence-electron chi connectivity index (χ1n) is 5.64. The molecular formula is C13H14O6. The van der Waals surface area contributed by atoms with E-state index >= 15 is 0 Å². The van der Waals surface area contributed by atoms with Crippen LogP contribution in [-0.4, -0.2) is 33.2 Å². The summed E-state index contributed by atoms with van der Waals surface area (Å²) in [4.78, 5) is 31.9. The maximum absolute atomic E-state index is 10.8. The van der Waals surface area contributed by atoms with Gasteiger partial charge < -0.3 is 15.3 Å². The van der Waals surface area contributed by atoms with Gasteiger partial charge >= 0.3 is 17.9 Å². The predicted octanol–water partition coefficient (Wildman–Crippen LogP) is 0.958. The van der Waals surface area contributed by atoms with E-state index in [0.717, 1.165) is 0 Å². The molecule has 1 rings (SSSR count). The Labute approximate surface area is 109 Å². The number of aliphatic carboxylic acids is 3. The second-order valence-corrected chi connectivity index (χ2v) is 4.14. The van der Waals surface area contributed by atoms with Crippen LogP contribution in [0.4, 0.5) is 0 Å². The lowest BCUT2D eigenvalue weighted by Gasteiger charge is -2.09. The molecule has 0 heterocycles. The smallest absolute Gasteiger partial charge is 0.307 e. The molecule has 0 atom stereocenters. The summed E-state index contributed by atoms with van der Waals surface area (Å²) in [5, 5.41) is 26.1. The van der Waals surface area contributed by atoms with Crippen LogP contribution < -0.4 is 0 Å². The fourth-order valence-corrected chi connectivity index (χ4v) is 1.78. The molecule has 0 saturated carbocycles. The highest BCUT2D eigenvalue weighted by molar-refractivity contribution is 5.73. The Hall–Kier alpha value is -2.37. The summed E-state index contributed by atoms with van der Waals surface area (Å²) >= 11 is 0. The van der Waals surface area contributed by atoms with Crippen molar-refractivity contribution in [2.45, 2.75) is 25.7 Å². The van der Waals surface area contributed by atoms with E-state index in [-0.39, 0.29) is 25.7 Å². The zero-order valence-electron chi connectivity index (χ0n) is 10.1. The van der Waals surface area contributed by atoms with Crippen molar-refractivity contribution in [1.29, 1.82) is 0 Å². The molecule has 0 aliphatic rings. The summed E-state index contributed by atoms with van der Waals surface area (Å²) < 4.78 is 0. The van der Waals surface area contributed by atoms with E-state index in [1.807, 2.05) is 0 Å². The molecule has 3 N–H and O–H groups in total. The standard InChI is InChI=1S/C13H14O6/c14-11(15)4-3-9-2-1-8(6-12(16)17)5-10(9)7-13(18)19/h1-2,5H,3-4,6-7H2,(H,14,15)(H,16,17)(H,18,19). The zero-order valence-corrected chi connectivity index (χ0v) is 10.1. The fourth-order valence-electron chi connectivity index (χ4n) is 1.78. The topological polar surface area (TPSA) is 112 Å². The number of hydrogen-bond acceptors (Lipinski definition) is 3. The first kappa shape index (κ1) is 14.7. The summed E-state index contributed by atoms with van der Waals surface area (Å²) in [6, 6.07) is 4.69. The summed E-state index contributed by atoms with van der Waals surface area (Å²) in [5.74, 6) is -3.00. The Morgan fingerprint density at radius 2 is 1.47 bits per heavy atom. The number of hydrogen-bond donors (Lipinski definition) is 3. The van der Waals surface area contributed by atoms with Crippen LogP contribution in [0.25, 0.3) is 0 Å². The van der Waals surface area contributed by atoms with E-state index in [9.17, 15) is 14.4 Å².